The number of hydrogen-bond donors (Lipinski definition) is 0. The van der Waals surface area contributed by atoms with E-state index in [0.717, 1.165) is 38.5 Å². The monoisotopic (exact) mass is 248 g/mol. The van der Waals surface area contributed by atoms with Crippen LogP contribution in [0.2, 0.25) is 0 Å². The van der Waals surface area contributed by atoms with Crippen LogP contribution < -0.4 is 0 Å². The van der Waals surface area contributed by atoms with Gasteiger partial charge in [-0.05, 0) is 32.1 Å². The van der Waals surface area contributed by atoms with Crippen LogP contribution in [0.15, 0.2) is 36.5 Å². The lowest BCUT2D eigenvalue weighted by molar-refractivity contribution is -0.121. The van der Waals surface area contributed by atoms with Crippen LogP contribution in [-0.4, -0.2) is 5.78 Å². The molecule has 0 bridgehead atoms. The molecule has 0 aromatic rings. The molecule has 0 fully saturated rings. The molecule has 0 amide bonds. The van der Waals surface area contributed by atoms with Crippen LogP contribution in [-0.2, 0) is 4.79 Å². The fourth-order valence-electron chi connectivity index (χ4n) is 1.51. The summed E-state index contributed by atoms with van der Waals surface area (Å²) in [5.74, 6) is 0.569. The van der Waals surface area contributed by atoms with Crippen molar-refractivity contribution in [3.8, 4) is 0 Å². The van der Waals surface area contributed by atoms with Gasteiger partial charge in [-0.2, -0.15) is 0 Å². The lowest BCUT2D eigenvalue weighted by Crippen LogP contribution is -2.05. The molecular weight excluding hydrogens is 220 g/mol. The van der Waals surface area contributed by atoms with Crippen LogP contribution in [0.1, 0.15) is 59.3 Å². The molecule has 102 valence electrons. The summed E-state index contributed by atoms with van der Waals surface area (Å²) in [6.45, 7) is 6.08. The van der Waals surface area contributed by atoms with Crippen molar-refractivity contribution < 1.29 is 4.79 Å². The first kappa shape index (κ1) is 16.9. The van der Waals surface area contributed by atoms with E-state index >= 15 is 0 Å². The molecule has 0 unspecified atom stereocenters. The minimum absolute atomic E-state index is 0.188. The van der Waals surface area contributed by atoms with Gasteiger partial charge in [0.25, 0.3) is 0 Å². The van der Waals surface area contributed by atoms with Crippen molar-refractivity contribution >= 4 is 5.78 Å². The van der Waals surface area contributed by atoms with Crippen molar-refractivity contribution in [2.24, 2.45) is 5.92 Å². The fraction of sp³-hybridized carbons (Fsp3) is 0.588. The first-order valence-corrected chi connectivity index (χ1v) is 7.16. The molecular formula is C17H28O. The zero-order valence-corrected chi connectivity index (χ0v) is 12.2. The van der Waals surface area contributed by atoms with Gasteiger partial charge >= 0.3 is 0 Å². The number of carbonyl (C=O) groups excluding carboxylic acids is 1. The highest BCUT2D eigenvalue weighted by atomic mass is 16.1. The van der Waals surface area contributed by atoms with Crippen LogP contribution in [0.5, 0.6) is 0 Å². The van der Waals surface area contributed by atoms with E-state index in [1.54, 1.807) is 0 Å². The Morgan fingerprint density at radius 3 is 2.06 bits per heavy atom. The number of Topliss-reactive ketones (excluding diaryl/α,β-unsaturated/α-hetero) is 1. The minimum atomic E-state index is 0.188. The van der Waals surface area contributed by atoms with E-state index in [9.17, 15) is 4.79 Å². The fourth-order valence-corrected chi connectivity index (χ4v) is 1.51. The zero-order valence-electron chi connectivity index (χ0n) is 12.2. The maximum absolute atomic E-state index is 11.4. The number of hydrogen-bond acceptors (Lipinski definition) is 1. The molecule has 1 heteroatoms. The van der Waals surface area contributed by atoms with Gasteiger partial charge in [-0.3, -0.25) is 4.79 Å². The normalized spacial score (nSPS) is 12.4. The van der Waals surface area contributed by atoms with Gasteiger partial charge in [0, 0.05) is 12.3 Å². The van der Waals surface area contributed by atoms with Gasteiger partial charge in [0.1, 0.15) is 5.78 Å². The summed E-state index contributed by atoms with van der Waals surface area (Å²) < 4.78 is 0. The molecule has 0 saturated carbocycles. The van der Waals surface area contributed by atoms with Crippen LogP contribution in [0.4, 0.5) is 0 Å². The number of unbranched alkanes of at least 4 members (excludes halogenated alkanes) is 1. The van der Waals surface area contributed by atoms with Crippen molar-refractivity contribution in [1.29, 1.82) is 0 Å². The Morgan fingerprint density at radius 2 is 1.50 bits per heavy atom. The van der Waals surface area contributed by atoms with Crippen molar-refractivity contribution in [3.05, 3.63) is 36.5 Å². The molecule has 0 aromatic heterocycles. The second kappa shape index (κ2) is 12.3. The quantitative estimate of drug-likeness (QED) is 0.381. The summed E-state index contributed by atoms with van der Waals surface area (Å²) in [4.78, 5) is 11.4. The highest BCUT2D eigenvalue weighted by molar-refractivity contribution is 5.80. The van der Waals surface area contributed by atoms with Crippen molar-refractivity contribution in [2.75, 3.05) is 0 Å². The highest BCUT2D eigenvalue weighted by Crippen LogP contribution is 2.05. The van der Waals surface area contributed by atoms with Gasteiger partial charge in [-0.15, -0.1) is 0 Å². The van der Waals surface area contributed by atoms with E-state index in [-0.39, 0.29) is 5.92 Å². The van der Waals surface area contributed by atoms with Gasteiger partial charge in [-0.25, -0.2) is 0 Å². The summed E-state index contributed by atoms with van der Waals surface area (Å²) in [5, 5.41) is 0. The third-order valence-electron chi connectivity index (χ3n) is 2.72. The van der Waals surface area contributed by atoms with Crippen LogP contribution in [0.3, 0.4) is 0 Å². The molecule has 0 N–H and O–H groups in total. The summed E-state index contributed by atoms with van der Waals surface area (Å²) in [7, 11) is 0. The molecule has 18 heavy (non-hydrogen) atoms. The predicted molar refractivity (Wildman–Crippen MR) is 80.6 cm³/mol. The van der Waals surface area contributed by atoms with Gasteiger partial charge in [0.15, 0.2) is 0 Å². The Labute approximate surface area is 113 Å². The zero-order chi connectivity index (χ0) is 13.6. The summed E-state index contributed by atoms with van der Waals surface area (Å²) in [5.41, 5.74) is 0. The molecule has 0 saturated heterocycles. The van der Waals surface area contributed by atoms with E-state index in [2.05, 4.69) is 43.4 Å². The summed E-state index contributed by atoms with van der Waals surface area (Å²) in [6, 6.07) is 0. The van der Waals surface area contributed by atoms with E-state index in [4.69, 9.17) is 0 Å². The second-order valence-electron chi connectivity index (χ2n) is 4.81. The van der Waals surface area contributed by atoms with Crippen LogP contribution in [0, 0.1) is 5.92 Å². The molecule has 0 aromatic carbocycles. The number of carbonyl (C=O) groups is 1. The smallest absolute Gasteiger partial charge is 0.135 e. The molecule has 0 spiro atoms. The Morgan fingerprint density at radius 1 is 0.944 bits per heavy atom. The minimum Gasteiger partial charge on any atom is -0.299 e. The molecule has 0 atom stereocenters. The number of rotatable bonds is 10. The van der Waals surface area contributed by atoms with Crippen LogP contribution >= 0.6 is 0 Å². The lowest BCUT2D eigenvalue weighted by atomic mass is 10.0. The standard InChI is InChI=1S/C17H28O/c1-4-5-6-7-8-9-10-11-12-13-14-15-17(18)16(2)3/h5-6,8-9,11-12,16H,4,7,10,13-15H2,1-3H3/b6-5-,9-8-,12-11-. The lowest BCUT2D eigenvalue weighted by Gasteiger charge is -2.01. The molecule has 0 radical (unpaired) electrons. The molecule has 1 nitrogen and oxygen atoms in total. The Hall–Kier alpha value is -1.11. The maximum Gasteiger partial charge on any atom is 0.135 e. The Bertz CT molecular complexity index is 282. The Balaban J connectivity index is 3.44. The number of ketones is 1. The van der Waals surface area contributed by atoms with Gasteiger partial charge in [0.05, 0.1) is 0 Å². The third-order valence-corrected chi connectivity index (χ3v) is 2.72. The van der Waals surface area contributed by atoms with Gasteiger partial charge in [-0.1, -0.05) is 57.2 Å². The van der Waals surface area contributed by atoms with Crippen molar-refractivity contribution in [2.45, 2.75) is 59.3 Å². The number of allylic oxidation sites excluding steroid dienone is 6. The van der Waals surface area contributed by atoms with E-state index in [1.807, 2.05) is 13.8 Å². The highest BCUT2D eigenvalue weighted by Gasteiger charge is 2.04. The van der Waals surface area contributed by atoms with E-state index in [1.165, 1.54) is 0 Å². The molecule has 0 heterocycles. The topological polar surface area (TPSA) is 17.1 Å². The second-order valence-corrected chi connectivity index (χ2v) is 4.81. The van der Waals surface area contributed by atoms with Crippen molar-refractivity contribution in [3.63, 3.8) is 0 Å². The average molecular weight is 248 g/mol. The van der Waals surface area contributed by atoms with Crippen LogP contribution in [0.25, 0.3) is 0 Å². The third kappa shape index (κ3) is 11.4. The van der Waals surface area contributed by atoms with Crippen molar-refractivity contribution in [1.82, 2.24) is 0 Å². The maximum atomic E-state index is 11.4. The van der Waals surface area contributed by atoms with Gasteiger partial charge < -0.3 is 0 Å². The molecule has 0 aliphatic carbocycles. The Kier molecular flexibility index (Phi) is 11.6. The summed E-state index contributed by atoms with van der Waals surface area (Å²) in [6.07, 6.45) is 19.0. The first-order valence-electron chi connectivity index (χ1n) is 7.16. The molecule has 0 aliphatic heterocycles. The predicted octanol–water partition coefficient (Wildman–Crippen LogP) is 5.24. The first-order chi connectivity index (χ1) is 8.68. The largest absolute Gasteiger partial charge is 0.299 e. The summed E-state index contributed by atoms with van der Waals surface area (Å²) >= 11 is 0. The molecule has 0 aliphatic rings. The van der Waals surface area contributed by atoms with E-state index in [0.29, 0.717) is 5.78 Å². The average Bonchev–Trinajstić information content (AvgIpc) is 2.35. The van der Waals surface area contributed by atoms with E-state index < -0.39 is 0 Å². The molecule has 0 rings (SSSR count). The SMILES string of the molecule is CC/C=C\C/C=C\C/C=C\CCCC(=O)C(C)C. The van der Waals surface area contributed by atoms with Gasteiger partial charge in [0.2, 0.25) is 0 Å².